The maximum Gasteiger partial charge on any atom is 0.529 e. The first-order chi connectivity index (χ1) is 5.38. The van der Waals surface area contributed by atoms with Gasteiger partial charge in [-0.1, -0.05) is 12.2 Å². The predicted molar refractivity (Wildman–Crippen MR) is 41.5 cm³/mol. The van der Waals surface area contributed by atoms with E-state index in [0.29, 0.717) is 0 Å². The number of hydrogen-bond acceptors (Lipinski definition) is 5. The number of dihydropyridines is 1. The Morgan fingerprint density at radius 2 is 2.18 bits per heavy atom. The van der Waals surface area contributed by atoms with E-state index < -0.39 is 7.12 Å². The average Bonchev–Trinajstić information content (AvgIpc) is 2.09. The van der Waals surface area contributed by atoms with Crippen LogP contribution in [0.2, 0.25) is 0 Å². The van der Waals surface area contributed by atoms with Crippen molar-refractivity contribution in [3.05, 3.63) is 23.8 Å². The van der Waals surface area contributed by atoms with E-state index >= 15 is 0 Å². The van der Waals surface area contributed by atoms with Crippen LogP contribution in [0.1, 0.15) is 0 Å². The summed E-state index contributed by atoms with van der Waals surface area (Å²) in [7, 11) is -0.695. The Balaban J connectivity index is 2.56. The van der Waals surface area contributed by atoms with Crippen LogP contribution in [0.25, 0.3) is 0 Å². The zero-order valence-corrected chi connectivity index (χ0v) is 5.99. The van der Waals surface area contributed by atoms with Gasteiger partial charge in [0.25, 0.3) is 0 Å². The summed E-state index contributed by atoms with van der Waals surface area (Å²) in [5.41, 5.74) is 0.765. The Hall–Kier alpha value is -0.815. The van der Waals surface area contributed by atoms with Gasteiger partial charge in [-0.2, -0.15) is 0 Å². The van der Waals surface area contributed by atoms with E-state index in [1.165, 1.54) is 0 Å². The summed E-state index contributed by atoms with van der Waals surface area (Å²) in [6, 6.07) is 0. The molecule has 0 aliphatic carbocycles. The molecule has 0 amide bonds. The van der Waals surface area contributed by atoms with Crippen LogP contribution in [-0.2, 0) is 9.51 Å². The van der Waals surface area contributed by atoms with Crippen LogP contribution in [0.4, 0.5) is 0 Å². The smallest absolute Gasteiger partial charge is 0.388 e. The standard InChI is InChI=1S/C5H10BN3O2/c7-10-6(11-8)5-2-1-3-9-4-5/h1-2,4,9H,3,7-8H2. The normalized spacial score (nSPS) is 15.6. The third-order valence-corrected chi connectivity index (χ3v) is 1.33. The molecule has 5 N–H and O–H groups in total. The van der Waals surface area contributed by atoms with Crippen molar-refractivity contribution in [2.24, 2.45) is 11.8 Å². The summed E-state index contributed by atoms with van der Waals surface area (Å²) in [5, 5.41) is 2.96. The van der Waals surface area contributed by atoms with E-state index in [9.17, 15) is 0 Å². The molecule has 0 aromatic heterocycles. The SMILES string of the molecule is NOB(ON)C1=CNCC=C1. The fourth-order valence-corrected chi connectivity index (χ4v) is 0.824. The van der Waals surface area contributed by atoms with Gasteiger partial charge in [-0.3, -0.25) is 0 Å². The molecule has 0 radical (unpaired) electrons. The summed E-state index contributed by atoms with van der Waals surface area (Å²) in [6.07, 6.45) is 5.49. The first-order valence-corrected chi connectivity index (χ1v) is 3.19. The molecule has 0 bridgehead atoms. The molecule has 5 nitrogen and oxygen atoms in total. The summed E-state index contributed by atoms with van der Waals surface area (Å²) in [4.78, 5) is 0. The van der Waals surface area contributed by atoms with Gasteiger partial charge in [-0.15, -0.1) is 0 Å². The van der Waals surface area contributed by atoms with Crippen molar-refractivity contribution in [1.29, 1.82) is 0 Å². The predicted octanol–water partition coefficient (Wildman–Crippen LogP) is -1.16. The molecule has 11 heavy (non-hydrogen) atoms. The molecule has 1 rings (SSSR count). The van der Waals surface area contributed by atoms with Crippen LogP contribution in [-0.4, -0.2) is 13.7 Å². The van der Waals surface area contributed by atoms with Gasteiger partial charge in [0.15, 0.2) is 0 Å². The molecule has 0 saturated carbocycles. The van der Waals surface area contributed by atoms with E-state index in [2.05, 4.69) is 14.8 Å². The molecule has 0 atom stereocenters. The molecule has 0 unspecified atom stereocenters. The highest BCUT2D eigenvalue weighted by Crippen LogP contribution is 2.04. The quantitative estimate of drug-likeness (QED) is 0.353. The Morgan fingerprint density at radius 3 is 2.64 bits per heavy atom. The van der Waals surface area contributed by atoms with Crippen LogP contribution in [0.3, 0.4) is 0 Å². The van der Waals surface area contributed by atoms with E-state index in [1.54, 1.807) is 6.20 Å². The van der Waals surface area contributed by atoms with Crippen molar-refractivity contribution in [3.63, 3.8) is 0 Å². The molecule has 0 aromatic carbocycles. The fraction of sp³-hybridized carbons (Fsp3) is 0.200. The van der Waals surface area contributed by atoms with Gasteiger partial charge < -0.3 is 14.8 Å². The monoisotopic (exact) mass is 155 g/mol. The summed E-state index contributed by atoms with van der Waals surface area (Å²) >= 11 is 0. The third-order valence-electron chi connectivity index (χ3n) is 1.33. The molecule has 0 fully saturated rings. The first-order valence-electron chi connectivity index (χ1n) is 3.19. The van der Waals surface area contributed by atoms with Crippen molar-refractivity contribution < 1.29 is 9.51 Å². The fourth-order valence-electron chi connectivity index (χ4n) is 0.824. The van der Waals surface area contributed by atoms with E-state index in [4.69, 9.17) is 11.8 Å². The summed E-state index contributed by atoms with van der Waals surface area (Å²) in [6.45, 7) is 0.797. The van der Waals surface area contributed by atoms with Gasteiger partial charge in [0.2, 0.25) is 0 Å². The Kier molecular flexibility index (Phi) is 3.12. The lowest BCUT2D eigenvalue weighted by molar-refractivity contribution is 0.212. The highest BCUT2D eigenvalue weighted by molar-refractivity contribution is 6.54. The van der Waals surface area contributed by atoms with Gasteiger partial charge in [0, 0.05) is 12.0 Å². The van der Waals surface area contributed by atoms with Crippen molar-refractivity contribution in [1.82, 2.24) is 5.32 Å². The van der Waals surface area contributed by atoms with Gasteiger partial charge in [0.05, 0.1) is 0 Å². The Labute approximate surface area is 65.1 Å². The number of allylic oxidation sites excluding steroid dienone is 2. The highest BCUT2D eigenvalue weighted by atomic mass is 16.7. The summed E-state index contributed by atoms with van der Waals surface area (Å²) < 4.78 is 8.86. The molecule has 1 heterocycles. The molecular weight excluding hydrogens is 145 g/mol. The minimum absolute atomic E-state index is 0.695. The molecule has 1 aliphatic heterocycles. The molecule has 0 aromatic rings. The molecule has 1 aliphatic rings. The van der Waals surface area contributed by atoms with Crippen LogP contribution < -0.4 is 17.1 Å². The second kappa shape index (κ2) is 4.14. The van der Waals surface area contributed by atoms with Gasteiger partial charge in [-0.25, -0.2) is 11.8 Å². The van der Waals surface area contributed by atoms with E-state index in [0.717, 1.165) is 12.0 Å². The van der Waals surface area contributed by atoms with Gasteiger partial charge >= 0.3 is 7.12 Å². The molecule has 6 heteroatoms. The average molecular weight is 155 g/mol. The van der Waals surface area contributed by atoms with E-state index in [1.807, 2.05) is 12.2 Å². The van der Waals surface area contributed by atoms with Crippen molar-refractivity contribution >= 4 is 7.12 Å². The molecule has 0 spiro atoms. The maximum absolute atomic E-state index is 4.91. The molecule has 60 valence electrons. The number of rotatable bonds is 3. The minimum Gasteiger partial charge on any atom is -0.388 e. The van der Waals surface area contributed by atoms with E-state index in [-0.39, 0.29) is 0 Å². The third kappa shape index (κ3) is 2.06. The second-order valence-corrected chi connectivity index (χ2v) is 2.06. The Morgan fingerprint density at radius 1 is 1.45 bits per heavy atom. The molecule has 0 saturated heterocycles. The first kappa shape index (κ1) is 8.28. The van der Waals surface area contributed by atoms with Gasteiger partial charge in [-0.05, 0) is 6.20 Å². The summed E-state index contributed by atoms with van der Waals surface area (Å²) in [5.74, 6) is 9.81. The van der Waals surface area contributed by atoms with Crippen LogP contribution in [0, 0.1) is 0 Å². The zero-order chi connectivity index (χ0) is 8.10. The minimum atomic E-state index is -0.695. The van der Waals surface area contributed by atoms with Gasteiger partial charge in [0.1, 0.15) is 0 Å². The number of hydrogen-bond donors (Lipinski definition) is 3. The Bertz CT molecular complexity index is 179. The second-order valence-electron chi connectivity index (χ2n) is 2.06. The van der Waals surface area contributed by atoms with Crippen molar-refractivity contribution in [2.75, 3.05) is 6.54 Å². The zero-order valence-electron chi connectivity index (χ0n) is 5.99. The molecular formula is C5H10BN3O2. The maximum atomic E-state index is 4.91. The number of nitrogens with one attached hydrogen (secondary N) is 1. The van der Waals surface area contributed by atoms with Crippen LogP contribution in [0.15, 0.2) is 23.8 Å². The highest BCUT2D eigenvalue weighted by Gasteiger charge is 2.21. The lowest BCUT2D eigenvalue weighted by Gasteiger charge is -2.11. The number of nitrogens with two attached hydrogens (primary N) is 2. The van der Waals surface area contributed by atoms with Crippen LogP contribution in [0.5, 0.6) is 0 Å². The van der Waals surface area contributed by atoms with Crippen molar-refractivity contribution in [2.45, 2.75) is 0 Å². The van der Waals surface area contributed by atoms with Crippen LogP contribution >= 0.6 is 0 Å². The lowest BCUT2D eigenvalue weighted by atomic mass is 9.78. The topological polar surface area (TPSA) is 82.5 Å². The largest absolute Gasteiger partial charge is 0.529 e. The van der Waals surface area contributed by atoms with Crippen molar-refractivity contribution in [3.8, 4) is 0 Å². The lowest BCUT2D eigenvalue weighted by Crippen LogP contribution is -2.33.